The van der Waals surface area contributed by atoms with Crippen molar-refractivity contribution in [3.8, 4) is 11.5 Å². The summed E-state index contributed by atoms with van der Waals surface area (Å²) in [5.41, 5.74) is 9.29. The van der Waals surface area contributed by atoms with Crippen molar-refractivity contribution in [3.63, 3.8) is 0 Å². The summed E-state index contributed by atoms with van der Waals surface area (Å²) in [6.45, 7) is 5.25. The lowest BCUT2D eigenvalue weighted by Crippen LogP contribution is -2.03. The first-order valence-corrected chi connectivity index (χ1v) is 10.3. The van der Waals surface area contributed by atoms with Crippen molar-refractivity contribution in [1.82, 2.24) is 4.98 Å². The monoisotopic (exact) mass is 490 g/mol. The fourth-order valence-electron chi connectivity index (χ4n) is 1.91. The Kier molecular flexibility index (Phi) is 7.98. The van der Waals surface area contributed by atoms with Gasteiger partial charge in [-0.3, -0.25) is 5.43 Å². The van der Waals surface area contributed by atoms with Crippen LogP contribution in [0.2, 0.25) is 0 Å². The third kappa shape index (κ3) is 5.58. The second-order valence-electron chi connectivity index (χ2n) is 5.00. The number of hydrogen-bond acceptors (Lipinski definition) is 7. The number of nitrogens with two attached hydrogens (primary N) is 1. The van der Waals surface area contributed by atoms with E-state index in [1.54, 1.807) is 11.6 Å². The van der Waals surface area contributed by atoms with E-state index in [4.69, 9.17) is 15.2 Å². The molecule has 0 fully saturated rings. The number of benzene rings is 1. The van der Waals surface area contributed by atoms with E-state index < -0.39 is 0 Å². The Labute approximate surface area is 168 Å². The van der Waals surface area contributed by atoms with E-state index in [9.17, 15) is 0 Å². The van der Waals surface area contributed by atoms with Gasteiger partial charge in [0.25, 0.3) is 0 Å². The van der Waals surface area contributed by atoms with Crippen LogP contribution in [-0.4, -0.2) is 24.4 Å². The highest BCUT2D eigenvalue weighted by atomic mass is 79.9. The molecule has 2 rings (SSSR count). The lowest BCUT2D eigenvalue weighted by atomic mass is 10.2. The summed E-state index contributed by atoms with van der Waals surface area (Å²) in [7, 11) is 0. The maximum absolute atomic E-state index is 5.89. The quantitative estimate of drug-likeness (QED) is 0.283. The summed E-state index contributed by atoms with van der Waals surface area (Å²) in [6, 6.07) is 1.89. The Morgan fingerprint density at radius 2 is 2.12 bits per heavy atom. The van der Waals surface area contributed by atoms with Crippen LogP contribution < -0.4 is 20.6 Å². The van der Waals surface area contributed by atoms with Gasteiger partial charge in [-0.05, 0) is 51.3 Å². The molecule has 1 heterocycles. The number of nitrogens with one attached hydrogen (secondary N) is 1. The summed E-state index contributed by atoms with van der Waals surface area (Å²) >= 11 is 8.56. The number of unbranched alkanes of at least 4 members (excludes halogenated alkanes) is 1. The number of thiazole rings is 1. The highest BCUT2D eigenvalue weighted by Gasteiger charge is 2.16. The van der Waals surface area contributed by atoms with Crippen molar-refractivity contribution in [2.45, 2.75) is 26.7 Å². The van der Waals surface area contributed by atoms with E-state index >= 15 is 0 Å². The number of aromatic nitrogens is 1. The Balaban J connectivity index is 2.22. The molecular weight excluding hydrogens is 472 g/mol. The highest BCUT2D eigenvalue weighted by Crippen LogP contribution is 2.42. The van der Waals surface area contributed by atoms with Gasteiger partial charge in [0.15, 0.2) is 11.5 Å². The molecule has 2 aromatic rings. The molecular formula is C16H20Br2N4O2S. The smallest absolute Gasteiger partial charge is 0.205 e. The highest BCUT2D eigenvalue weighted by molar-refractivity contribution is 9.13. The minimum atomic E-state index is 0.471. The van der Waals surface area contributed by atoms with Crippen LogP contribution in [0.15, 0.2) is 25.5 Å². The minimum Gasteiger partial charge on any atom is -0.490 e. The topological polar surface area (TPSA) is 81.8 Å². The predicted octanol–water partition coefficient (Wildman–Crippen LogP) is 5.27. The molecule has 0 saturated heterocycles. The van der Waals surface area contributed by atoms with Gasteiger partial charge in [0.1, 0.15) is 5.82 Å². The van der Waals surface area contributed by atoms with Crippen molar-refractivity contribution in [1.29, 1.82) is 0 Å². The molecule has 136 valence electrons. The number of hydrogen-bond donors (Lipinski definition) is 2. The molecule has 0 unspecified atom stereocenters. The van der Waals surface area contributed by atoms with Gasteiger partial charge >= 0.3 is 0 Å². The fourth-order valence-corrected chi connectivity index (χ4v) is 3.39. The standard InChI is InChI=1S/C16H20Br2N4O2S/c1-3-5-6-24-15-11(23-4-2)7-10(13(17)14(15)18)8-20-22-16-21-12(19)9-25-16/h7-9H,3-6,19H2,1-2H3,(H,21,22). The molecule has 1 aromatic heterocycles. The minimum absolute atomic E-state index is 0.471. The van der Waals surface area contributed by atoms with Gasteiger partial charge in [0.2, 0.25) is 5.13 Å². The van der Waals surface area contributed by atoms with Crippen LogP contribution in [0.5, 0.6) is 11.5 Å². The van der Waals surface area contributed by atoms with E-state index in [1.165, 1.54) is 11.3 Å². The molecule has 0 bridgehead atoms. The van der Waals surface area contributed by atoms with E-state index in [0.29, 0.717) is 35.7 Å². The zero-order valence-electron chi connectivity index (χ0n) is 14.0. The number of halogens is 2. The van der Waals surface area contributed by atoms with Gasteiger partial charge in [-0.15, -0.1) is 11.3 Å². The maximum atomic E-state index is 5.89. The molecule has 0 aliphatic carbocycles. The molecule has 9 heteroatoms. The molecule has 0 saturated carbocycles. The summed E-state index contributed by atoms with van der Waals surface area (Å²) in [6.07, 6.45) is 3.74. The van der Waals surface area contributed by atoms with Gasteiger partial charge in [-0.2, -0.15) is 5.10 Å². The van der Waals surface area contributed by atoms with Crippen molar-refractivity contribution >= 4 is 60.4 Å². The first kappa shape index (κ1) is 20.0. The van der Waals surface area contributed by atoms with Gasteiger partial charge in [0.05, 0.1) is 23.9 Å². The summed E-state index contributed by atoms with van der Waals surface area (Å²) in [5, 5.41) is 6.59. The summed E-state index contributed by atoms with van der Waals surface area (Å²) in [4.78, 5) is 4.09. The van der Waals surface area contributed by atoms with Crippen LogP contribution in [0.3, 0.4) is 0 Å². The normalized spacial score (nSPS) is 11.0. The van der Waals surface area contributed by atoms with Crippen molar-refractivity contribution in [2.24, 2.45) is 5.10 Å². The molecule has 0 aliphatic rings. The molecule has 0 spiro atoms. The summed E-state index contributed by atoms with van der Waals surface area (Å²) in [5.74, 6) is 1.84. The van der Waals surface area contributed by atoms with Crippen LogP contribution in [-0.2, 0) is 0 Å². The lowest BCUT2D eigenvalue weighted by molar-refractivity contribution is 0.271. The molecule has 0 amide bonds. The molecule has 25 heavy (non-hydrogen) atoms. The number of nitrogen functional groups attached to an aromatic ring is 1. The average molecular weight is 492 g/mol. The van der Waals surface area contributed by atoms with Crippen LogP contribution in [0.4, 0.5) is 10.9 Å². The Morgan fingerprint density at radius 1 is 1.32 bits per heavy atom. The van der Waals surface area contributed by atoms with Crippen molar-refractivity contribution in [2.75, 3.05) is 24.4 Å². The van der Waals surface area contributed by atoms with Crippen LogP contribution >= 0.6 is 43.2 Å². The zero-order valence-corrected chi connectivity index (χ0v) is 18.0. The van der Waals surface area contributed by atoms with Crippen LogP contribution in [0.25, 0.3) is 0 Å². The zero-order chi connectivity index (χ0) is 18.2. The lowest BCUT2D eigenvalue weighted by Gasteiger charge is -2.16. The third-order valence-electron chi connectivity index (χ3n) is 3.09. The molecule has 0 aliphatic heterocycles. The summed E-state index contributed by atoms with van der Waals surface area (Å²) < 4.78 is 13.3. The number of hydrazone groups is 1. The number of nitrogens with zero attached hydrogens (tertiary/aromatic N) is 2. The van der Waals surface area contributed by atoms with Crippen LogP contribution in [0.1, 0.15) is 32.3 Å². The van der Waals surface area contributed by atoms with Gasteiger partial charge < -0.3 is 15.2 Å². The number of anilines is 2. The largest absolute Gasteiger partial charge is 0.490 e. The average Bonchev–Trinajstić information content (AvgIpc) is 3.00. The Bertz CT molecular complexity index is 737. The first-order chi connectivity index (χ1) is 12.1. The van der Waals surface area contributed by atoms with Crippen LogP contribution in [0, 0.1) is 0 Å². The molecule has 6 nitrogen and oxygen atoms in total. The van der Waals surface area contributed by atoms with Gasteiger partial charge in [-0.25, -0.2) is 4.98 Å². The second kappa shape index (κ2) is 9.98. The second-order valence-corrected chi connectivity index (χ2v) is 7.45. The molecule has 0 radical (unpaired) electrons. The van der Waals surface area contributed by atoms with Crippen molar-refractivity contribution < 1.29 is 9.47 Å². The predicted molar refractivity (Wildman–Crippen MR) is 111 cm³/mol. The van der Waals surface area contributed by atoms with E-state index in [-0.39, 0.29) is 0 Å². The SMILES string of the molecule is CCCCOc1c(OCC)cc(C=NNc2nc(N)cs2)c(Br)c1Br. The van der Waals surface area contributed by atoms with E-state index in [2.05, 4.69) is 54.3 Å². The van der Waals surface area contributed by atoms with E-state index in [1.807, 2.05) is 13.0 Å². The first-order valence-electron chi connectivity index (χ1n) is 7.84. The Hall–Kier alpha value is -1.32. The molecule has 1 aromatic carbocycles. The third-order valence-corrected chi connectivity index (χ3v) is 5.99. The number of ether oxygens (including phenoxy) is 2. The van der Waals surface area contributed by atoms with Crippen molar-refractivity contribution in [3.05, 3.63) is 26.0 Å². The molecule has 3 N–H and O–H groups in total. The van der Waals surface area contributed by atoms with E-state index in [0.717, 1.165) is 27.4 Å². The number of rotatable bonds is 9. The maximum Gasteiger partial charge on any atom is 0.205 e. The molecule has 0 atom stereocenters. The van der Waals surface area contributed by atoms with Gasteiger partial charge in [-0.1, -0.05) is 13.3 Å². The van der Waals surface area contributed by atoms with Gasteiger partial charge in [0, 0.05) is 15.4 Å². The Morgan fingerprint density at radius 3 is 2.76 bits per heavy atom. The fraction of sp³-hybridized carbons (Fsp3) is 0.375.